The van der Waals surface area contributed by atoms with Crippen LogP contribution in [-0.2, 0) is 4.74 Å². The average molecular weight is 228 g/mol. The van der Waals surface area contributed by atoms with Gasteiger partial charge < -0.3 is 10.1 Å². The van der Waals surface area contributed by atoms with Gasteiger partial charge in [-0.25, -0.2) is 9.97 Å². The second kappa shape index (κ2) is 5.28. The van der Waals surface area contributed by atoms with E-state index in [9.17, 15) is 0 Å². The second-order valence-corrected chi connectivity index (χ2v) is 4.03. The molecule has 0 bridgehead atoms. The Morgan fingerprint density at radius 2 is 2.20 bits per heavy atom. The lowest BCUT2D eigenvalue weighted by atomic mass is 10.1. The number of anilines is 1. The van der Waals surface area contributed by atoms with Crippen LogP contribution in [0.25, 0.3) is 0 Å². The highest BCUT2D eigenvalue weighted by Gasteiger charge is 2.13. The highest BCUT2D eigenvalue weighted by Crippen LogP contribution is 2.13. The average Bonchev–Trinajstić information content (AvgIpc) is 2.30. The van der Waals surface area contributed by atoms with Crippen LogP contribution >= 0.6 is 11.6 Å². The van der Waals surface area contributed by atoms with Crippen molar-refractivity contribution >= 4 is 17.5 Å². The van der Waals surface area contributed by atoms with Crippen molar-refractivity contribution in [3.05, 3.63) is 17.4 Å². The van der Waals surface area contributed by atoms with Crippen LogP contribution in [0.2, 0.25) is 5.02 Å². The van der Waals surface area contributed by atoms with Gasteiger partial charge in [-0.3, -0.25) is 0 Å². The van der Waals surface area contributed by atoms with E-state index in [1.165, 1.54) is 12.8 Å². The Morgan fingerprint density at radius 1 is 1.40 bits per heavy atom. The van der Waals surface area contributed by atoms with E-state index >= 15 is 0 Å². The van der Waals surface area contributed by atoms with Gasteiger partial charge in [0.2, 0.25) is 5.95 Å². The molecule has 1 aromatic heterocycles. The largest absolute Gasteiger partial charge is 0.376 e. The van der Waals surface area contributed by atoms with Crippen LogP contribution < -0.4 is 5.32 Å². The van der Waals surface area contributed by atoms with Gasteiger partial charge in [0, 0.05) is 13.2 Å². The molecule has 1 aliphatic rings. The Morgan fingerprint density at radius 3 is 2.87 bits per heavy atom. The van der Waals surface area contributed by atoms with Crippen molar-refractivity contribution in [3.8, 4) is 0 Å². The number of nitrogens with zero attached hydrogens (tertiary/aromatic N) is 2. The van der Waals surface area contributed by atoms with Crippen LogP contribution in [0, 0.1) is 0 Å². The first kappa shape index (κ1) is 10.6. The predicted molar refractivity (Wildman–Crippen MR) is 59.1 cm³/mol. The fourth-order valence-electron chi connectivity index (χ4n) is 1.58. The molecule has 1 saturated heterocycles. The van der Waals surface area contributed by atoms with Crippen LogP contribution in [0.4, 0.5) is 5.95 Å². The maximum absolute atomic E-state index is 5.68. The highest BCUT2D eigenvalue weighted by molar-refractivity contribution is 6.30. The highest BCUT2D eigenvalue weighted by atomic mass is 35.5. The van der Waals surface area contributed by atoms with Crippen LogP contribution in [0.3, 0.4) is 0 Å². The first-order valence-electron chi connectivity index (χ1n) is 5.17. The Labute approximate surface area is 94.0 Å². The third-order valence-electron chi connectivity index (χ3n) is 2.38. The van der Waals surface area contributed by atoms with Crippen molar-refractivity contribution in [1.29, 1.82) is 0 Å². The molecule has 4 nitrogen and oxygen atoms in total. The number of ether oxygens (including phenoxy) is 1. The van der Waals surface area contributed by atoms with E-state index in [0.29, 0.717) is 11.0 Å². The van der Waals surface area contributed by atoms with Crippen molar-refractivity contribution in [2.75, 3.05) is 18.5 Å². The summed E-state index contributed by atoms with van der Waals surface area (Å²) in [6, 6.07) is 0. The zero-order valence-electron chi connectivity index (χ0n) is 8.45. The molecule has 82 valence electrons. The number of aromatic nitrogens is 2. The zero-order chi connectivity index (χ0) is 10.5. The summed E-state index contributed by atoms with van der Waals surface area (Å²) in [5.74, 6) is 0.605. The normalized spacial score (nSPS) is 21.3. The summed E-state index contributed by atoms with van der Waals surface area (Å²) in [6.45, 7) is 1.63. The van der Waals surface area contributed by atoms with Gasteiger partial charge in [0.1, 0.15) is 0 Å². The topological polar surface area (TPSA) is 47.0 Å². The SMILES string of the molecule is Clc1cnc(NCC2CCCCO2)nc1. The van der Waals surface area contributed by atoms with E-state index in [0.717, 1.165) is 19.6 Å². The molecule has 0 amide bonds. The summed E-state index contributed by atoms with van der Waals surface area (Å²) in [6.07, 6.45) is 6.98. The predicted octanol–water partition coefficient (Wildman–Crippen LogP) is 2.11. The monoisotopic (exact) mass is 227 g/mol. The minimum Gasteiger partial charge on any atom is -0.376 e. The van der Waals surface area contributed by atoms with Crippen molar-refractivity contribution in [2.45, 2.75) is 25.4 Å². The summed E-state index contributed by atoms with van der Waals surface area (Å²) in [5, 5.41) is 3.69. The molecule has 0 radical (unpaired) electrons. The van der Waals surface area contributed by atoms with E-state index in [-0.39, 0.29) is 6.10 Å². The molecule has 0 saturated carbocycles. The lowest BCUT2D eigenvalue weighted by Crippen LogP contribution is -2.27. The van der Waals surface area contributed by atoms with Crippen LogP contribution in [0.5, 0.6) is 0 Å². The Kier molecular flexibility index (Phi) is 3.75. The third kappa shape index (κ3) is 3.32. The summed E-state index contributed by atoms with van der Waals surface area (Å²) in [5.41, 5.74) is 0. The summed E-state index contributed by atoms with van der Waals surface area (Å²) < 4.78 is 5.58. The quantitative estimate of drug-likeness (QED) is 0.859. The van der Waals surface area contributed by atoms with Crippen molar-refractivity contribution in [3.63, 3.8) is 0 Å². The lowest BCUT2D eigenvalue weighted by molar-refractivity contribution is 0.0246. The van der Waals surface area contributed by atoms with Crippen LogP contribution in [-0.4, -0.2) is 29.2 Å². The van der Waals surface area contributed by atoms with Crippen molar-refractivity contribution in [1.82, 2.24) is 9.97 Å². The van der Waals surface area contributed by atoms with E-state index in [2.05, 4.69) is 15.3 Å². The van der Waals surface area contributed by atoms with E-state index in [1.54, 1.807) is 12.4 Å². The van der Waals surface area contributed by atoms with E-state index in [4.69, 9.17) is 16.3 Å². The minimum absolute atomic E-state index is 0.290. The molecule has 1 aromatic rings. The molecule has 0 aromatic carbocycles. The lowest BCUT2D eigenvalue weighted by Gasteiger charge is -2.22. The summed E-state index contributed by atoms with van der Waals surface area (Å²) in [4.78, 5) is 8.11. The number of hydrogen-bond donors (Lipinski definition) is 1. The molecule has 5 heteroatoms. The summed E-state index contributed by atoms with van der Waals surface area (Å²) in [7, 11) is 0. The smallest absolute Gasteiger partial charge is 0.222 e. The van der Waals surface area contributed by atoms with Gasteiger partial charge >= 0.3 is 0 Å². The number of nitrogens with one attached hydrogen (secondary N) is 1. The van der Waals surface area contributed by atoms with Gasteiger partial charge in [0.05, 0.1) is 23.5 Å². The molecule has 2 heterocycles. The van der Waals surface area contributed by atoms with Crippen molar-refractivity contribution < 1.29 is 4.74 Å². The number of rotatable bonds is 3. The van der Waals surface area contributed by atoms with Gasteiger partial charge in [-0.1, -0.05) is 11.6 Å². The fraction of sp³-hybridized carbons (Fsp3) is 0.600. The summed E-state index contributed by atoms with van der Waals surface area (Å²) >= 11 is 5.68. The number of hydrogen-bond acceptors (Lipinski definition) is 4. The molecule has 15 heavy (non-hydrogen) atoms. The van der Waals surface area contributed by atoms with Gasteiger partial charge in [-0.05, 0) is 19.3 Å². The molecule has 1 unspecified atom stereocenters. The van der Waals surface area contributed by atoms with E-state index in [1.807, 2.05) is 0 Å². The second-order valence-electron chi connectivity index (χ2n) is 3.59. The number of halogens is 1. The standard InChI is InChI=1S/C10H14ClN3O/c11-8-5-12-10(13-6-8)14-7-9-3-1-2-4-15-9/h5-6,9H,1-4,7H2,(H,12,13,14). The fourth-order valence-corrected chi connectivity index (χ4v) is 1.67. The Balaban J connectivity index is 1.79. The molecule has 2 rings (SSSR count). The van der Waals surface area contributed by atoms with Gasteiger partial charge in [-0.2, -0.15) is 0 Å². The molecule has 1 N–H and O–H groups in total. The van der Waals surface area contributed by atoms with E-state index < -0.39 is 0 Å². The first-order valence-corrected chi connectivity index (χ1v) is 5.55. The molecule has 1 fully saturated rings. The van der Waals surface area contributed by atoms with Crippen LogP contribution in [0.15, 0.2) is 12.4 Å². The Hall–Kier alpha value is -0.870. The van der Waals surface area contributed by atoms with Gasteiger partial charge in [0.25, 0.3) is 0 Å². The Bertz CT molecular complexity index is 298. The van der Waals surface area contributed by atoms with Crippen LogP contribution in [0.1, 0.15) is 19.3 Å². The third-order valence-corrected chi connectivity index (χ3v) is 2.58. The van der Waals surface area contributed by atoms with Gasteiger partial charge in [0.15, 0.2) is 0 Å². The molecule has 1 aliphatic heterocycles. The molecule has 0 aliphatic carbocycles. The molecular formula is C10H14ClN3O. The maximum Gasteiger partial charge on any atom is 0.222 e. The molecule has 1 atom stereocenters. The van der Waals surface area contributed by atoms with Crippen molar-refractivity contribution in [2.24, 2.45) is 0 Å². The molecule has 0 spiro atoms. The molecular weight excluding hydrogens is 214 g/mol. The minimum atomic E-state index is 0.290. The van der Waals surface area contributed by atoms with Gasteiger partial charge in [-0.15, -0.1) is 0 Å². The zero-order valence-corrected chi connectivity index (χ0v) is 9.20. The first-order chi connectivity index (χ1) is 7.34. The maximum atomic E-state index is 5.68.